The third-order valence-corrected chi connectivity index (χ3v) is 4.51. The predicted molar refractivity (Wildman–Crippen MR) is 90.7 cm³/mol. The van der Waals surface area contributed by atoms with E-state index in [1.54, 1.807) is 0 Å². The highest BCUT2D eigenvalue weighted by Crippen LogP contribution is 2.33. The van der Waals surface area contributed by atoms with Crippen LogP contribution in [0.2, 0.25) is 5.02 Å². The molecule has 3 heteroatoms. The maximum absolute atomic E-state index is 6.04. The summed E-state index contributed by atoms with van der Waals surface area (Å²) in [6, 6.07) is 10.6. The minimum atomic E-state index is 0.155. The predicted octanol–water partition coefficient (Wildman–Crippen LogP) is 5.34. The van der Waals surface area contributed by atoms with Crippen LogP contribution in [0.3, 0.4) is 0 Å². The molecule has 2 aromatic carbocycles. The molecule has 0 saturated carbocycles. The van der Waals surface area contributed by atoms with Crippen molar-refractivity contribution in [2.75, 3.05) is 7.05 Å². The van der Waals surface area contributed by atoms with Gasteiger partial charge in [-0.3, -0.25) is 0 Å². The molecular formula is C17H19BrClN. The number of hydrogen-bond donors (Lipinski definition) is 1. The Labute approximate surface area is 134 Å². The van der Waals surface area contributed by atoms with Crippen molar-refractivity contribution < 1.29 is 0 Å². The topological polar surface area (TPSA) is 12.0 Å². The van der Waals surface area contributed by atoms with Crippen molar-refractivity contribution in [3.63, 3.8) is 0 Å². The standard InChI is InChI=1S/C17H19BrClN/c1-10-7-11(2)16(12(3)8-10)17(20-4)14-6-5-13(19)9-15(14)18/h5-9,17,20H,1-4H3. The van der Waals surface area contributed by atoms with E-state index in [1.165, 1.54) is 27.8 Å². The van der Waals surface area contributed by atoms with E-state index < -0.39 is 0 Å². The summed E-state index contributed by atoms with van der Waals surface area (Å²) in [5.41, 5.74) is 6.45. The highest BCUT2D eigenvalue weighted by Gasteiger charge is 2.19. The van der Waals surface area contributed by atoms with Gasteiger partial charge in [-0.05, 0) is 62.2 Å². The van der Waals surface area contributed by atoms with E-state index in [2.05, 4.69) is 60.2 Å². The maximum Gasteiger partial charge on any atom is 0.0590 e. The molecule has 0 spiro atoms. The summed E-state index contributed by atoms with van der Waals surface area (Å²) < 4.78 is 1.03. The van der Waals surface area contributed by atoms with Crippen LogP contribution in [0, 0.1) is 20.8 Å². The molecule has 0 heterocycles. The van der Waals surface area contributed by atoms with Gasteiger partial charge >= 0.3 is 0 Å². The molecule has 0 aliphatic heterocycles. The van der Waals surface area contributed by atoms with E-state index in [-0.39, 0.29) is 6.04 Å². The first-order valence-electron chi connectivity index (χ1n) is 6.64. The molecule has 0 aliphatic carbocycles. The Balaban J connectivity index is 2.58. The fraction of sp³-hybridized carbons (Fsp3) is 0.294. The molecule has 0 bridgehead atoms. The van der Waals surface area contributed by atoms with Crippen molar-refractivity contribution in [1.82, 2.24) is 5.32 Å². The SMILES string of the molecule is CNC(c1ccc(Cl)cc1Br)c1c(C)cc(C)cc1C. The van der Waals surface area contributed by atoms with Gasteiger partial charge in [-0.2, -0.15) is 0 Å². The molecule has 2 aromatic rings. The highest BCUT2D eigenvalue weighted by atomic mass is 79.9. The molecule has 0 fully saturated rings. The normalized spacial score (nSPS) is 12.5. The summed E-state index contributed by atoms with van der Waals surface area (Å²) in [5.74, 6) is 0. The molecule has 0 saturated heterocycles. The van der Waals surface area contributed by atoms with Gasteiger partial charge in [-0.25, -0.2) is 0 Å². The minimum absolute atomic E-state index is 0.155. The largest absolute Gasteiger partial charge is 0.309 e. The van der Waals surface area contributed by atoms with Crippen molar-refractivity contribution in [2.24, 2.45) is 0 Å². The van der Waals surface area contributed by atoms with Gasteiger partial charge in [0, 0.05) is 9.50 Å². The number of aryl methyl sites for hydroxylation is 3. The van der Waals surface area contributed by atoms with E-state index in [0.717, 1.165) is 9.50 Å². The van der Waals surface area contributed by atoms with Gasteiger partial charge in [-0.1, -0.05) is 51.3 Å². The first-order valence-corrected chi connectivity index (χ1v) is 7.81. The fourth-order valence-electron chi connectivity index (χ4n) is 2.84. The molecule has 1 N–H and O–H groups in total. The second kappa shape index (κ2) is 6.30. The number of hydrogen-bond acceptors (Lipinski definition) is 1. The molecule has 0 aromatic heterocycles. The Kier molecular flexibility index (Phi) is 4.90. The summed E-state index contributed by atoms with van der Waals surface area (Å²) in [5, 5.41) is 4.17. The molecule has 2 rings (SSSR count). The highest BCUT2D eigenvalue weighted by molar-refractivity contribution is 9.10. The summed E-state index contributed by atoms with van der Waals surface area (Å²) in [6.07, 6.45) is 0. The number of nitrogens with one attached hydrogen (secondary N) is 1. The van der Waals surface area contributed by atoms with Crippen LogP contribution < -0.4 is 5.32 Å². The van der Waals surface area contributed by atoms with E-state index >= 15 is 0 Å². The van der Waals surface area contributed by atoms with Gasteiger partial charge in [0.2, 0.25) is 0 Å². The zero-order valence-electron chi connectivity index (χ0n) is 12.2. The molecular weight excluding hydrogens is 334 g/mol. The van der Waals surface area contributed by atoms with Gasteiger partial charge in [-0.15, -0.1) is 0 Å². The fourth-order valence-corrected chi connectivity index (χ4v) is 3.75. The first-order chi connectivity index (χ1) is 9.43. The lowest BCUT2D eigenvalue weighted by atomic mass is 9.90. The Bertz CT molecular complexity index is 614. The van der Waals surface area contributed by atoms with Crippen LogP contribution in [0.15, 0.2) is 34.8 Å². The summed E-state index contributed by atoms with van der Waals surface area (Å²) in [6.45, 7) is 6.48. The van der Waals surface area contributed by atoms with Crippen molar-refractivity contribution >= 4 is 27.5 Å². The minimum Gasteiger partial charge on any atom is -0.309 e. The quantitative estimate of drug-likeness (QED) is 0.786. The van der Waals surface area contributed by atoms with Crippen LogP contribution in [-0.2, 0) is 0 Å². The zero-order chi connectivity index (χ0) is 14.9. The number of benzene rings is 2. The van der Waals surface area contributed by atoms with E-state index in [4.69, 9.17) is 11.6 Å². The molecule has 0 aliphatic rings. The average Bonchev–Trinajstić information content (AvgIpc) is 2.34. The Morgan fingerprint density at radius 1 is 1.05 bits per heavy atom. The van der Waals surface area contributed by atoms with Crippen molar-refractivity contribution in [3.05, 3.63) is 67.6 Å². The maximum atomic E-state index is 6.04. The lowest BCUT2D eigenvalue weighted by Gasteiger charge is -2.23. The monoisotopic (exact) mass is 351 g/mol. The Morgan fingerprint density at radius 3 is 2.15 bits per heavy atom. The third kappa shape index (κ3) is 3.08. The molecule has 0 radical (unpaired) electrons. The van der Waals surface area contributed by atoms with Crippen LogP contribution in [0.25, 0.3) is 0 Å². The molecule has 1 unspecified atom stereocenters. The lowest BCUT2D eigenvalue weighted by molar-refractivity contribution is 0.680. The van der Waals surface area contributed by atoms with Crippen molar-refractivity contribution in [1.29, 1.82) is 0 Å². The lowest BCUT2D eigenvalue weighted by Crippen LogP contribution is -2.20. The van der Waals surface area contributed by atoms with Crippen LogP contribution in [0.5, 0.6) is 0 Å². The van der Waals surface area contributed by atoms with Crippen LogP contribution >= 0.6 is 27.5 Å². The van der Waals surface area contributed by atoms with E-state index in [0.29, 0.717) is 0 Å². The number of halogens is 2. The Morgan fingerprint density at radius 2 is 1.65 bits per heavy atom. The third-order valence-electron chi connectivity index (χ3n) is 3.59. The first kappa shape index (κ1) is 15.6. The van der Waals surface area contributed by atoms with Gasteiger partial charge in [0.25, 0.3) is 0 Å². The van der Waals surface area contributed by atoms with Gasteiger partial charge < -0.3 is 5.32 Å². The number of rotatable bonds is 3. The molecule has 20 heavy (non-hydrogen) atoms. The Hall–Kier alpha value is -0.830. The van der Waals surface area contributed by atoms with Crippen LogP contribution in [-0.4, -0.2) is 7.05 Å². The summed E-state index contributed by atoms with van der Waals surface area (Å²) in [7, 11) is 1.99. The van der Waals surface area contributed by atoms with Gasteiger partial charge in [0.05, 0.1) is 6.04 Å². The molecule has 1 nitrogen and oxygen atoms in total. The second-order valence-electron chi connectivity index (χ2n) is 5.20. The average molecular weight is 353 g/mol. The van der Waals surface area contributed by atoms with E-state index in [9.17, 15) is 0 Å². The zero-order valence-corrected chi connectivity index (χ0v) is 14.6. The van der Waals surface area contributed by atoms with E-state index in [1.807, 2.05) is 19.2 Å². The smallest absolute Gasteiger partial charge is 0.0590 e. The van der Waals surface area contributed by atoms with Crippen molar-refractivity contribution in [3.8, 4) is 0 Å². The summed E-state index contributed by atoms with van der Waals surface area (Å²) >= 11 is 9.67. The van der Waals surface area contributed by atoms with Crippen molar-refractivity contribution in [2.45, 2.75) is 26.8 Å². The molecule has 0 amide bonds. The van der Waals surface area contributed by atoms with Crippen LogP contribution in [0.1, 0.15) is 33.9 Å². The van der Waals surface area contributed by atoms with Gasteiger partial charge in [0.15, 0.2) is 0 Å². The molecule has 106 valence electrons. The van der Waals surface area contributed by atoms with Gasteiger partial charge in [0.1, 0.15) is 0 Å². The second-order valence-corrected chi connectivity index (χ2v) is 6.49. The summed E-state index contributed by atoms with van der Waals surface area (Å²) in [4.78, 5) is 0. The molecule has 1 atom stereocenters. The van der Waals surface area contributed by atoms with Crippen LogP contribution in [0.4, 0.5) is 0 Å².